The highest BCUT2D eigenvalue weighted by atomic mass is 19.4. The van der Waals surface area contributed by atoms with E-state index in [1.54, 1.807) is 42.5 Å². The molecule has 0 saturated heterocycles. The van der Waals surface area contributed by atoms with Crippen LogP contribution in [0.5, 0.6) is 0 Å². The number of benzene rings is 3. The maximum atomic E-state index is 13.1. The molecule has 0 fully saturated rings. The van der Waals surface area contributed by atoms with E-state index < -0.39 is 17.6 Å². The van der Waals surface area contributed by atoms with Crippen LogP contribution in [0.15, 0.2) is 103 Å². The van der Waals surface area contributed by atoms with Crippen LogP contribution in [0.2, 0.25) is 0 Å². The molecule has 3 aromatic carbocycles. The van der Waals surface area contributed by atoms with Crippen molar-refractivity contribution < 1.29 is 22.8 Å². The molecule has 2 amide bonds. The van der Waals surface area contributed by atoms with Gasteiger partial charge in [-0.3, -0.25) is 14.6 Å². The van der Waals surface area contributed by atoms with Crippen molar-refractivity contribution in [1.29, 1.82) is 0 Å². The maximum Gasteiger partial charge on any atom is 0.416 e. The second kappa shape index (κ2) is 11.6. The summed E-state index contributed by atoms with van der Waals surface area (Å²) in [4.78, 5) is 34.8. The number of amides is 2. The Morgan fingerprint density at radius 3 is 2.32 bits per heavy atom. The van der Waals surface area contributed by atoms with Gasteiger partial charge in [0.25, 0.3) is 11.8 Å². The van der Waals surface area contributed by atoms with Gasteiger partial charge in [0.05, 0.1) is 28.4 Å². The van der Waals surface area contributed by atoms with Gasteiger partial charge in [-0.25, -0.2) is 4.98 Å². The molecular formula is C32H25F3N4O2. The van der Waals surface area contributed by atoms with Crippen LogP contribution >= 0.6 is 0 Å². The van der Waals surface area contributed by atoms with Gasteiger partial charge >= 0.3 is 6.18 Å². The summed E-state index contributed by atoms with van der Waals surface area (Å²) in [5.41, 5.74) is 2.11. The minimum Gasteiger partial charge on any atom is -0.345 e. The standard InChI is InChI=1S/C32H25F3N4O2/c1-2-26(20-7-4-3-5-8-20)38-30(40)23-12-16-27-22(19-23)13-17-28(37-27)39-31(41)25-9-6-18-36-29(25)21-10-14-24(15-11-21)32(33,34)35/h3-19,26H,2H2,1H3,(H,38,40)(H,37,39,41)/t26-/m1/s1. The summed E-state index contributed by atoms with van der Waals surface area (Å²) in [5, 5.41) is 6.52. The maximum absolute atomic E-state index is 13.1. The number of rotatable bonds is 7. The molecule has 2 aromatic heterocycles. The molecule has 5 aromatic rings. The van der Waals surface area contributed by atoms with E-state index >= 15 is 0 Å². The highest BCUT2D eigenvalue weighted by Crippen LogP contribution is 2.31. The van der Waals surface area contributed by atoms with Crippen molar-refractivity contribution in [2.45, 2.75) is 25.6 Å². The summed E-state index contributed by atoms with van der Waals surface area (Å²) in [6, 6.07) is 25.7. The number of nitrogens with zero attached hydrogens (tertiary/aromatic N) is 2. The molecule has 6 nitrogen and oxygen atoms in total. The van der Waals surface area contributed by atoms with Gasteiger partial charge in [0.1, 0.15) is 5.82 Å². The van der Waals surface area contributed by atoms with E-state index in [2.05, 4.69) is 20.6 Å². The van der Waals surface area contributed by atoms with Crippen LogP contribution in [0.3, 0.4) is 0 Å². The van der Waals surface area contributed by atoms with Crippen molar-refractivity contribution in [2.24, 2.45) is 0 Å². The first-order valence-electron chi connectivity index (χ1n) is 12.9. The quantitative estimate of drug-likeness (QED) is 0.219. The highest BCUT2D eigenvalue weighted by Gasteiger charge is 2.30. The second-order valence-corrected chi connectivity index (χ2v) is 9.38. The molecule has 0 aliphatic carbocycles. The Bertz CT molecular complexity index is 1700. The molecule has 206 valence electrons. The fourth-order valence-electron chi connectivity index (χ4n) is 4.50. The lowest BCUT2D eigenvalue weighted by Gasteiger charge is -2.17. The Balaban J connectivity index is 1.33. The van der Waals surface area contributed by atoms with Gasteiger partial charge in [-0.1, -0.05) is 49.4 Å². The fraction of sp³-hybridized carbons (Fsp3) is 0.125. The predicted octanol–water partition coefficient (Wildman–Crippen LogP) is 7.45. The number of fused-ring (bicyclic) bond motifs is 1. The van der Waals surface area contributed by atoms with Crippen molar-refractivity contribution in [2.75, 3.05) is 5.32 Å². The molecule has 5 rings (SSSR count). The van der Waals surface area contributed by atoms with Crippen LogP contribution in [0.1, 0.15) is 51.2 Å². The highest BCUT2D eigenvalue weighted by molar-refractivity contribution is 6.08. The van der Waals surface area contributed by atoms with Crippen LogP contribution < -0.4 is 10.6 Å². The number of aromatic nitrogens is 2. The van der Waals surface area contributed by atoms with Gasteiger partial charge in [-0.2, -0.15) is 13.2 Å². The van der Waals surface area contributed by atoms with Crippen LogP contribution in [0, 0.1) is 0 Å². The van der Waals surface area contributed by atoms with E-state index in [0.29, 0.717) is 16.6 Å². The Morgan fingerprint density at radius 1 is 0.854 bits per heavy atom. The molecule has 0 spiro atoms. The van der Waals surface area contributed by atoms with Gasteiger partial charge in [0, 0.05) is 22.7 Å². The predicted molar refractivity (Wildman–Crippen MR) is 151 cm³/mol. The Morgan fingerprint density at radius 2 is 1.61 bits per heavy atom. The zero-order valence-corrected chi connectivity index (χ0v) is 21.9. The topological polar surface area (TPSA) is 84.0 Å². The first-order chi connectivity index (χ1) is 19.7. The smallest absolute Gasteiger partial charge is 0.345 e. The third-order valence-corrected chi connectivity index (χ3v) is 6.65. The van der Waals surface area contributed by atoms with E-state index in [0.717, 1.165) is 29.5 Å². The lowest BCUT2D eigenvalue weighted by Crippen LogP contribution is -2.28. The van der Waals surface area contributed by atoms with E-state index in [4.69, 9.17) is 0 Å². The van der Waals surface area contributed by atoms with E-state index in [-0.39, 0.29) is 29.0 Å². The number of nitrogens with one attached hydrogen (secondary N) is 2. The van der Waals surface area contributed by atoms with Crippen molar-refractivity contribution in [3.63, 3.8) is 0 Å². The number of hydrogen-bond acceptors (Lipinski definition) is 4. The average molecular weight is 555 g/mol. The van der Waals surface area contributed by atoms with Gasteiger partial charge in [-0.15, -0.1) is 0 Å². The second-order valence-electron chi connectivity index (χ2n) is 9.38. The van der Waals surface area contributed by atoms with Crippen LogP contribution in [0.4, 0.5) is 19.0 Å². The molecule has 1 atom stereocenters. The normalized spacial score (nSPS) is 12.1. The van der Waals surface area contributed by atoms with E-state index in [9.17, 15) is 22.8 Å². The van der Waals surface area contributed by atoms with Gasteiger partial charge in [-0.05, 0) is 66.6 Å². The van der Waals surface area contributed by atoms with Crippen molar-refractivity contribution in [3.8, 4) is 11.3 Å². The van der Waals surface area contributed by atoms with Gasteiger partial charge < -0.3 is 10.6 Å². The van der Waals surface area contributed by atoms with Crippen LogP contribution in [0.25, 0.3) is 22.2 Å². The van der Waals surface area contributed by atoms with E-state index in [1.165, 1.54) is 18.3 Å². The minimum absolute atomic E-state index is 0.116. The number of hydrogen-bond donors (Lipinski definition) is 2. The number of carbonyl (C=O) groups is 2. The molecule has 0 aliphatic rings. The summed E-state index contributed by atoms with van der Waals surface area (Å²) >= 11 is 0. The number of carbonyl (C=O) groups excluding carboxylic acids is 2. The number of halogens is 3. The molecule has 2 N–H and O–H groups in total. The number of anilines is 1. The lowest BCUT2D eigenvalue weighted by atomic mass is 10.0. The lowest BCUT2D eigenvalue weighted by molar-refractivity contribution is -0.137. The van der Waals surface area contributed by atoms with Crippen molar-refractivity contribution in [1.82, 2.24) is 15.3 Å². The van der Waals surface area contributed by atoms with Crippen molar-refractivity contribution >= 4 is 28.5 Å². The molecule has 0 aliphatic heterocycles. The van der Waals surface area contributed by atoms with Gasteiger partial charge in [0.15, 0.2) is 0 Å². The largest absolute Gasteiger partial charge is 0.416 e. The monoisotopic (exact) mass is 554 g/mol. The first-order valence-corrected chi connectivity index (χ1v) is 12.9. The molecule has 0 bridgehead atoms. The Hall–Kier alpha value is -5.05. The fourth-order valence-corrected chi connectivity index (χ4v) is 4.50. The molecule has 0 saturated carbocycles. The van der Waals surface area contributed by atoms with Crippen molar-refractivity contribution in [3.05, 3.63) is 126 Å². The minimum atomic E-state index is -4.46. The van der Waals surface area contributed by atoms with E-state index in [1.807, 2.05) is 37.3 Å². The molecule has 2 heterocycles. The molecular weight excluding hydrogens is 529 g/mol. The number of alkyl halides is 3. The van der Waals surface area contributed by atoms with Crippen LogP contribution in [-0.2, 0) is 6.18 Å². The first kappa shape index (κ1) is 27.5. The number of pyridine rings is 2. The molecule has 0 unspecified atom stereocenters. The van der Waals surface area contributed by atoms with Crippen LogP contribution in [-0.4, -0.2) is 21.8 Å². The summed E-state index contributed by atoms with van der Waals surface area (Å²) in [7, 11) is 0. The SMILES string of the molecule is CC[C@@H](NC(=O)c1ccc2nc(NC(=O)c3cccnc3-c3ccc(C(F)(F)F)cc3)ccc2c1)c1ccccc1. The Labute approximate surface area is 234 Å². The summed E-state index contributed by atoms with van der Waals surface area (Å²) in [5.74, 6) is -0.438. The zero-order valence-electron chi connectivity index (χ0n) is 21.9. The summed E-state index contributed by atoms with van der Waals surface area (Å²) < 4.78 is 38.9. The third-order valence-electron chi connectivity index (χ3n) is 6.65. The Kier molecular flexibility index (Phi) is 7.78. The molecule has 41 heavy (non-hydrogen) atoms. The average Bonchev–Trinajstić information content (AvgIpc) is 2.99. The zero-order chi connectivity index (χ0) is 29.0. The molecule has 9 heteroatoms. The summed E-state index contributed by atoms with van der Waals surface area (Å²) in [6.07, 6.45) is -2.25. The summed E-state index contributed by atoms with van der Waals surface area (Å²) in [6.45, 7) is 2.01. The van der Waals surface area contributed by atoms with Gasteiger partial charge in [0.2, 0.25) is 0 Å². The third kappa shape index (κ3) is 6.24. The molecule has 0 radical (unpaired) electrons.